The molecule has 1 N–H and O–H groups in total. The molecule has 1 aliphatic rings. The summed E-state index contributed by atoms with van der Waals surface area (Å²) in [7, 11) is 0. The van der Waals surface area contributed by atoms with Gasteiger partial charge in [0.2, 0.25) is 0 Å². The molecule has 1 atom stereocenters. The van der Waals surface area contributed by atoms with Crippen LogP contribution >= 0.6 is 29.4 Å². The first-order valence-electron chi connectivity index (χ1n) is 4.86. The van der Waals surface area contributed by atoms with Gasteiger partial charge in [0.15, 0.2) is 0 Å². The number of aliphatic carboxylic acids is 1. The van der Waals surface area contributed by atoms with Crippen molar-refractivity contribution >= 4 is 41.2 Å². The van der Waals surface area contributed by atoms with Gasteiger partial charge in [0.1, 0.15) is 11.6 Å². The molecule has 0 aliphatic carbocycles. The van der Waals surface area contributed by atoms with Gasteiger partial charge in [-0.2, -0.15) is 13.5 Å². The fourth-order valence-electron chi connectivity index (χ4n) is 1.75. The van der Waals surface area contributed by atoms with Crippen LogP contribution in [0.2, 0.25) is 0 Å². The quantitative estimate of drug-likeness (QED) is 0.905. The number of pyridine rings is 1. The highest BCUT2D eigenvalue weighted by Gasteiger charge is 2.28. The number of halogens is 2. The zero-order valence-electron chi connectivity index (χ0n) is 8.86. The molecule has 0 unspecified atom stereocenters. The third-order valence-electron chi connectivity index (χ3n) is 2.66. The lowest BCUT2D eigenvalue weighted by Crippen LogP contribution is -2.23. The SMILES string of the molecule is O=C(O)[C@H]1CCN(c2cc(F)c(Br)cn2)C1.S. The first-order chi connectivity index (χ1) is 7.58. The summed E-state index contributed by atoms with van der Waals surface area (Å²) in [5.41, 5.74) is 0. The Morgan fingerprint density at radius 1 is 1.65 bits per heavy atom. The molecule has 4 nitrogen and oxygen atoms in total. The van der Waals surface area contributed by atoms with Crippen LogP contribution in [0, 0.1) is 11.7 Å². The summed E-state index contributed by atoms with van der Waals surface area (Å²) in [6.07, 6.45) is 1.97. The molecule has 17 heavy (non-hydrogen) atoms. The third-order valence-corrected chi connectivity index (χ3v) is 3.24. The van der Waals surface area contributed by atoms with Gasteiger partial charge in [0.05, 0.1) is 10.4 Å². The van der Waals surface area contributed by atoms with E-state index in [-0.39, 0.29) is 25.2 Å². The molecular formula is C10H12BrFN2O2S. The molecule has 0 spiro atoms. The maximum atomic E-state index is 13.3. The summed E-state index contributed by atoms with van der Waals surface area (Å²) in [6.45, 7) is 0.994. The van der Waals surface area contributed by atoms with E-state index < -0.39 is 5.97 Å². The van der Waals surface area contributed by atoms with E-state index in [4.69, 9.17) is 5.11 Å². The van der Waals surface area contributed by atoms with Crippen LogP contribution in [0.1, 0.15) is 6.42 Å². The van der Waals surface area contributed by atoms with E-state index in [1.807, 2.05) is 0 Å². The molecule has 1 aliphatic heterocycles. The van der Waals surface area contributed by atoms with Gasteiger partial charge in [-0.05, 0) is 22.4 Å². The van der Waals surface area contributed by atoms with Crippen LogP contribution in [0.25, 0.3) is 0 Å². The molecule has 0 saturated carbocycles. The van der Waals surface area contributed by atoms with Crippen LogP contribution in [0.3, 0.4) is 0 Å². The Bertz CT molecular complexity index is 433. The van der Waals surface area contributed by atoms with E-state index in [2.05, 4.69) is 20.9 Å². The number of carboxylic acid groups (broad SMARTS) is 1. The second-order valence-corrected chi connectivity index (χ2v) is 4.58. The Labute approximate surface area is 113 Å². The monoisotopic (exact) mass is 322 g/mol. The summed E-state index contributed by atoms with van der Waals surface area (Å²) in [6, 6.07) is 1.31. The number of nitrogens with zero attached hydrogens (tertiary/aromatic N) is 2. The standard InChI is InChI=1S/C10H10BrFN2O2.H2S/c11-7-4-13-9(3-8(7)12)14-2-1-6(5-14)10(15)16;/h3-4,6H,1-2,5H2,(H,15,16);1H2/t6-;/m0./s1. The van der Waals surface area contributed by atoms with E-state index in [0.717, 1.165) is 0 Å². The number of rotatable bonds is 2. The molecule has 0 aromatic carbocycles. The maximum Gasteiger partial charge on any atom is 0.308 e. The van der Waals surface area contributed by atoms with Gasteiger partial charge in [-0.3, -0.25) is 4.79 Å². The van der Waals surface area contributed by atoms with E-state index in [1.165, 1.54) is 12.3 Å². The Balaban J connectivity index is 0.00000144. The predicted molar refractivity (Wildman–Crippen MR) is 70.2 cm³/mol. The lowest BCUT2D eigenvalue weighted by molar-refractivity contribution is -0.140. The second-order valence-electron chi connectivity index (χ2n) is 3.73. The minimum absolute atomic E-state index is 0. The molecule has 2 heterocycles. The molecule has 0 bridgehead atoms. The average molecular weight is 323 g/mol. The Kier molecular flexibility index (Phi) is 4.76. The number of hydrogen-bond acceptors (Lipinski definition) is 3. The van der Waals surface area contributed by atoms with Crippen molar-refractivity contribution < 1.29 is 14.3 Å². The molecule has 1 fully saturated rings. The van der Waals surface area contributed by atoms with Crippen molar-refractivity contribution in [3.05, 3.63) is 22.6 Å². The van der Waals surface area contributed by atoms with Gasteiger partial charge >= 0.3 is 5.97 Å². The summed E-state index contributed by atoms with van der Waals surface area (Å²) in [5.74, 6) is -1.08. The lowest BCUT2D eigenvalue weighted by atomic mass is 10.1. The molecule has 7 heteroatoms. The molecule has 0 amide bonds. The van der Waals surface area contributed by atoms with Crippen LogP contribution in [0.4, 0.5) is 10.2 Å². The lowest BCUT2D eigenvalue weighted by Gasteiger charge is -2.16. The number of aromatic nitrogens is 1. The summed E-state index contributed by atoms with van der Waals surface area (Å²) < 4.78 is 13.6. The Hall–Kier alpha value is -0.820. The number of carbonyl (C=O) groups is 1. The molecule has 1 aromatic rings. The molecule has 94 valence electrons. The van der Waals surface area contributed by atoms with Crippen LogP contribution in [-0.2, 0) is 4.79 Å². The minimum atomic E-state index is -0.805. The summed E-state index contributed by atoms with van der Waals surface area (Å²) in [4.78, 5) is 16.6. The zero-order chi connectivity index (χ0) is 11.7. The number of anilines is 1. The minimum Gasteiger partial charge on any atom is -0.481 e. The highest BCUT2D eigenvalue weighted by Crippen LogP contribution is 2.24. The van der Waals surface area contributed by atoms with E-state index in [0.29, 0.717) is 29.8 Å². The first kappa shape index (κ1) is 14.2. The van der Waals surface area contributed by atoms with Crippen molar-refractivity contribution in [2.75, 3.05) is 18.0 Å². The van der Waals surface area contributed by atoms with Crippen molar-refractivity contribution in [3.8, 4) is 0 Å². The molecule has 2 rings (SSSR count). The molecule has 1 aromatic heterocycles. The van der Waals surface area contributed by atoms with Crippen LogP contribution in [0.5, 0.6) is 0 Å². The summed E-state index contributed by atoms with van der Waals surface area (Å²) in [5, 5.41) is 8.85. The smallest absolute Gasteiger partial charge is 0.308 e. The highest BCUT2D eigenvalue weighted by molar-refractivity contribution is 9.10. The van der Waals surface area contributed by atoms with Crippen molar-refractivity contribution in [2.24, 2.45) is 5.92 Å². The zero-order valence-corrected chi connectivity index (χ0v) is 11.4. The van der Waals surface area contributed by atoms with Crippen LogP contribution in [0.15, 0.2) is 16.7 Å². The number of hydrogen-bond donors (Lipinski definition) is 1. The highest BCUT2D eigenvalue weighted by atomic mass is 79.9. The van der Waals surface area contributed by atoms with E-state index in [9.17, 15) is 9.18 Å². The van der Waals surface area contributed by atoms with Crippen molar-refractivity contribution in [2.45, 2.75) is 6.42 Å². The van der Waals surface area contributed by atoms with Crippen LogP contribution in [-0.4, -0.2) is 29.1 Å². The average Bonchev–Trinajstić information content (AvgIpc) is 2.71. The maximum absolute atomic E-state index is 13.3. The second kappa shape index (κ2) is 5.68. The van der Waals surface area contributed by atoms with Gasteiger partial charge in [0, 0.05) is 25.4 Å². The molecule has 1 saturated heterocycles. The molecule has 0 radical (unpaired) electrons. The molecular weight excluding hydrogens is 311 g/mol. The number of carboxylic acids is 1. The first-order valence-corrected chi connectivity index (χ1v) is 5.66. The fraction of sp³-hybridized carbons (Fsp3) is 0.400. The Morgan fingerprint density at radius 2 is 2.35 bits per heavy atom. The predicted octanol–water partition coefficient (Wildman–Crippen LogP) is 2.01. The Morgan fingerprint density at radius 3 is 2.88 bits per heavy atom. The van der Waals surface area contributed by atoms with Gasteiger partial charge in [-0.15, -0.1) is 0 Å². The van der Waals surface area contributed by atoms with Gasteiger partial charge < -0.3 is 10.0 Å². The van der Waals surface area contributed by atoms with Crippen molar-refractivity contribution in [3.63, 3.8) is 0 Å². The summed E-state index contributed by atoms with van der Waals surface area (Å²) >= 11 is 3.02. The van der Waals surface area contributed by atoms with E-state index in [1.54, 1.807) is 4.90 Å². The van der Waals surface area contributed by atoms with Gasteiger partial charge in [-0.1, -0.05) is 0 Å². The third kappa shape index (κ3) is 3.10. The van der Waals surface area contributed by atoms with E-state index >= 15 is 0 Å². The largest absolute Gasteiger partial charge is 0.481 e. The van der Waals surface area contributed by atoms with Crippen LogP contribution < -0.4 is 4.90 Å². The van der Waals surface area contributed by atoms with Gasteiger partial charge in [0.25, 0.3) is 0 Å². The normalized spacial score (nSPS) is 18.9. The van der Waals surface area contributed by atoms with Gasteiger partial charge in [-0.25, -0.2) is 9.37 Å². The van der Waals surface area contributed by atoms with Crippen molar-refractivity contribution in [1.82, 2.24) is 4.98 Å². The topological polar surface area (TPSA) is 53.4 Å². The van der Waals surface area contributed by atoms with Crippen molar-refractivity contribution in [1.29, 1.82) is 0 Å². The fourth-order valence-corrected chi connectivity index (χ4v) is 1.96.